The number of hydrogen-bond donors (Lipinski definition) is 2. The molecule has 3 N–H and O–H groups in total. The summed E-state index contributed by atoms with van der Waals surface area (Å²) in [6.45, 7) is 1.64. The standard InChI is InChI=1S/C17H18F2N4O2/c1-9-8-23(15-12(18)3-2-4-13(15)19)22-14(9)17(25)21-11-6-5-10(7-11)16(20)24/h2-4,8,10-11H,5-7H2,1H3,(H2,20,24)(H,21,25)/t10-,11+/m0/s1. The summed E-state index contributed by atoms with van der Waals surface area (Å²) < 4.78 is 28.8. The minimum absolute atomic E-state index is 0.0881. The maximum absolute atomic E-state index is 13.9. The van der Waals surface area contributed by atoms with Crippen LogP contribution >= 0.6 is 0 Å². The number of para-hydroxylation sites is 1. The smallest absolute Gasteiger partial charge is 0.272 e. The highest BCUT2D eigenvalue weighted by Gasteiger charge is 2.30. The topological polar surface area (TPSA) is 90.0 Å². The molecule has 25 heavy (non-hydrogen) atoms. The number of carbonyl (C=O) groups is 2. The van der Waals surface area contributed by atoms with E-state index in [1.807, 2.05) is 0 Å². The fourth-order valence-electron chi connectivity index (χ4n) is 3.13. The quantitative estimate of drug-likeness (QED) is 0.883. The Bertz CT molecular complexity index is 814. The van der Waals surface area contributed by atoms with Crippen molar-refractivity contribution < 1.29 is 18.4 Å². The molecule has 1 aromatic heterocycles. The highest BCUT2D eigenvalue weighted by molar-refractivity contribution is 5.94. The van der Waals surface area contributed by atoms with E-state index in [4.69, 9.17) is 5.73 Å². The van der Waals surface area contributed by atoms with Crippen LogP contribution in [0.1, 0.15) is 35.3 Å². The largest absolute Gasteiger partial charge is 0.369 e. The Balaban J connectivity index is 1.79. The van der Waals surface area contributed by atoms with Gasteiger partial charge in [0.15, 0.2) is 17.3 Å². The number of aromatic nitrogens is 2. The van der Waals surface area contributed by atoms with Crippen LogP contribution in [0.2, 0.25) is 0 Å². The van der Waals surface area contributed by atoms with Crippen molar-refractivity contribution in [2.75, 3.05) is 0 Å². The lowest BCUT2D eigenvalue weighted by Gasteiger charge is -2.11. The van der Waals surface area contributed by atoms with E-state index in [-0.39, 0.29) is 29.2 Å². The van der Waals surface area contributed by atoms with Crippen LogP contribution < -0.4 is 11.1 Å². The number of nitrogens with two attached hydrogens (primary N) is 1. The lowest BCUT2D eigenvalue weighted by Crippen LogP contribution is -2.34. The molecule has 0 spiro atoms. The average Bonchev–Trinajstić information content (AvgIpc) is 3.14. The molecule has 0 unspecified atom stereocenters. The van der Waals surface area contributed by atoms with Gasteiger partial charge in [-0.15, -0.1) is 0 Å². The van der Waals surface area contributed by atoms with Crippen LogP contribution in [0.3, 0.4) is 0 Å². The molecular formula is C17H18F2N4O2. The van der Waals surface area contributed by atoms with Crippen LogP contribution in [0.25, 0.3) is 5.69 Å². The molecule has 1 aliphatic rings. The summed E-state index contributed by atoms with van der Waals surface area (Å²) in [7, 11) is 0. The maximum Gasteiger partial charge on any atom is 0.272 e. The Labute approximate surface area is 143 Å². The van der Waals surface area contributed by atoms with Crippen molar-refractivity contribution in [1.29, 1.82) is 0 Å². The van der Waals surface area contributed by atoms with Gasteiger partial charge in [0.2, 0.25) is 5.91 Å². The van der Waals surface area contributed by atoms with Crippen molar-refractivity contribution in [2.45, 2.75) is 32.2 Å². The predicted molar refractivity (Wildman–Crippen MR) is 86.0 cm³/mol. The van der Waals surface area contributed by atoms with Crippen LogP contribution in [-0.2, 0) is 4.79 Å². The van der Waals surface area contributed by atoms with Gasteiger partial charge in [0.25, 0.3) is 5.91 Å². The normalized spacial score (nSPS) is 19.8. The van der Waals surface area contributed by atoms with E-state index in [0.29, 0.717) is 24.8 Å². The van der Waals surface area contributed by atoms with Gasteiger partial charge in [-0.3, -0.25) is 9.59 Å². The van der Waals surface area contributed by atoms with Crippen LogP contribution in [0.4, 0.5) is 8.78 Å². The SMILES string of the molecule is Cc1cn(-c2c(F)cccc2F)nc1C(=O)N[C@@H]1CC[C@H](C(N)=O)C1. The van der Waals surface area contributed by atoms with Crippen molar-refractivity contribution in [3.8, 4) is 5.69 Å². The summed E-state index contributed by atoms with van der Waals surface area (Å²) in [5.41, 5.74) is 5.53. The summed E-state index contributed by atoms with van der Waals surface area (Å²) in [4.78, 5) is 23.6. The van der Waals surface area contributed by atoms with Gasteiger partial charge in [-0.05, 0) is 38.3 Å². The highest BCUT2D eigenvalue weighted by Crippen LogP contribution is 2.25. The number of nitrogens with one attached hydrogen (secondary N) is 1. The second-order valence-corrected chi connectivity index (χ2v) is 6.26. The predicted octanol–water partition coefficient (Wildman–Crippen LogP) is 1.84. The molecular weight excluding hydrogens is 330 g/mol. The van der Waals surface area contributed by atoms with E-state index in [2.05, 4.69) is 10.4 Å². The molecule has 1 fully saturated rings. The minimum atomic E-state index is -0.769. The van der Waals surface area contributed by atoms with Gasteiger partial charge in [-0.2, -0.15) is 5.10 Å². The van der Waals surface area contributed by atoms with Gasteiger partial charge in [-0.25, -0.2) is 13.5 Å². The number of hydrogen-bond acceptors (Lipinski definition) is 3. The molecule has 2 amide bonds. The van der Waals surface area contributed by atoms with E-state index >= 15 is 0 Å². The molecule has 0 aliphatic heterocycles. The number of halogens is 2. The zero-order valence-electron chi connectivity index (χ0n) is 13.6. The number of nitrogens with zero attached hydrogens (tertiary/aromatic N) is 2. The number of amides is 2. The molecule has 0 radical (unpaired) electrons. The number of rotatable bonds is 4. The summed E-state index contributed by atoms with van der Waals surface area (Å²) in [6, 6.07) is 3.34. The molecule has 0 saturated heterocycles. The van der Waals surface area contributed by atoms with Crippen LogP contribution in [0.5, 0.6) is 0 Å². The second kappa shape index (κ2) is 6.62. The Kier molecular flexibility index (Phi) is 4.52. The highest BCUT2D eigenvalue weighted by atomic mass is 19.1. The molecule has 3 rings (SSSR count). The van der Waals surface area contributed by atoms with Gasteiger partial charge in [-0.1, -0.05) is 6.07 Å². The zero-order valence-corrected chi connectivity index (χ0v) is 13.6. The molecule has 1 aliphatic carbocycles. The molecule has 1 aromatic carbocycles. The average molecular weight is 348 g/mol. The molecule has 1 saturated carbocycles. The molecule has 2 atom stereocenters. The van der Waals surface area contributed by atoms with E-state index in [0.717, 1.165) is 16.8 Å². The van der Waals surface area contributed by atoms with E-state index in [1.54, 1.807) is 6.92 Å². The van der Waals surface area contributed by atoms with Crippen LogP contribution in [0, 0.1) is 24.5 Å². The van der Waals surface area contributed by atoms with Gasteiger partial charge in [0.1, 0.15) is 5.69 Å². The first kappa shape index (κ1) is 17.1. The fraction of sp³-hybridized carbons (Fsp3) is 0.353. The van der Waals surface area contributed by atoms with Gasteiger partial charge in [0, 0.05) is 23.7 Å². The van der Waals surface area contributed by atoms with Crippen molar-refractivity contribution in [1.82, 2.24) is 15.1 Å². The van der Waals surface area contributed by atoms with Crippen molar-refractivity contribution in [2.24, 2.45) is 11.7 Å². The van der Waals surface area contributed by atoms with Crippen LogP contribution in [0.15, 0.2) is 24.4 Å². The van der Waals surface area contributed by atoms with E-state index < -0.39 is 17.5 Å². The Morgan fingerprint density at radius 3 is 2.56 bits per heavy atom. The third-order valence-electron chi connectivity index (χ3n) is 4.45. The first-order valence-electron chi connectivity index (χ1n) is 7.97. The minimum Gasteiger partial charge on any atom is -0.369 e. The number of benzene rings is 1. The summed E-state index contributed by atoms with van der Waals surface area (Å²) in [5, 5.41) is 6.84. The lowest BCUT2D eigenvalue weighted by atomic mass is 10.1. The van der Waals surface area contributed by atoms with Crippen molar-refractivity contribution in [3.05, 3.63) is 47.3 Å². The molecule has 0 bridgehead atoms. The fourth-order valence-corrected chi connectivity index (χ4v) is 3.13. The second-order valence-electron chi connectivity index (χ2n) is 6.26. The molecule has 6 nitrogen and oxygen atoms in total. The third-order valence-corrected chi connectivity index (χ3v) is 4.45. The van der Waals surface area contributed by atoms with Gasteiger partial charge >= 0.3 is 0 Å². The summed E-state index contributed by atoms with van der Waals surface area (Å²) >= 11 is 0. The maximum atomic E-state index is 13.9. The molecule has 8 heteroatoms. The van der Waals surface area contributed by atoms with Crippen LogP contribution in [-0.4, -0.2) is 27.6 Å². The zero-order chi connectivity index (χ0) is 18.1. The summed E-state index contributed by atoms with van der Waals surface area (Å²) in [5.74, 6) is -2.59. The van der Waals surface area contributed by atoms with E-state index in [1.165, 1.54) is 12.3 Å². The monoisotopic (exact) mass is 348 g/mol. The van der Waals surface area contributed by atoms with Gasteiger partial charge in [0.05, 0.1) is 0 Å². The number of aryl methyl sites for hydroxylation is 1. The van der Waals surface area contributed by atoms with Crippen molar-refractivity contribution in [3.63, 3.8) is 0 Å². The lowest BCUT2D eigenvalue weighted by molar-refractivity contribution is -0.121. The Hall–Kier alpha value is -2.77. The van der Waals surface area contributed by atoms with Gasteiger partial charge < -0.3 is 11.1 Å². The Morgan fingerprint density at radius 1 is 1.28 bits per heavy atom. The Morgan fingerprint density at radius 2 is 1.96 bits per heavy atom. The number of carbonyl (C=O) groups excluding carboxylic acids is 2. The third kappa shape index (κ3) is 3.38. The van der Waals surface area contributed by atoms with Crippen molar-refractivity contribution >= 4 is 11.8 Å². The van der Waals surface area contributed by atoms with E-state index in [9.17, 15) is 18.4 Å². The molecule has 1 heterocycles. The first-order chi connectivity index (χ1) is 11.9. The molecule has 132 valence electrons. The number of primary amides is 1. The first-order valence-corrected chi connectivity index (χ1v) is 7.97. The molecule has 2 aromatic rings. The summed E-state index contributed by atoms with van der Waals surface area (Å²) in [6.07, 6.45) is 3.18.